The van der Waals surface area contributed by atoms with Gasteiger partial charge in [0.2, 0.25) is 0 Å². The van der Waals surface area contributed by atoms with E-state index < -0.39 is 15.7 Å². The van der Waals surface area contributed by atoms with Gasteiger partial charge in [-0.1, -0.05) is 0 Å². The van der Waals surface area contributed by atoms with Crippen molar-refractivity contribution in [2.24, 2.45) is 5.73 Å². The molecule has 0 aliphatic rings. The Labute approximate surface area is 147 Å². The minimum atomic E-state index is -2.99. The zero-order chi connectivity index (χ0) is 17.5. The molecule has 0 aromatic carbocycles. The number of carbonyl (C=O) groups is 1. The van der Waals surface area contributed by atoms with Gasteiger partial charge in [-0.3, -0.25) is 4.79 Å². The van der Waals surface area contributed by atoms with Crippen LogP contribution in [0.2, 0.25) is 0 Å². The molecule has 0 spiro atoms. The normalized spacial score (nSPS) is 11.9. The fourth-order valence-electron chi connectivity index (χ4n) is 2.29. The second-order valence-electron chi connectivity index (χ2n) is 5.46. The Kier molecular flexibility index (Phi) is 4.33. The highest BCUT2D eigenvalue weighted by Gasteiger charge is 2.15. The van der Waals surface area contributed by atoms with E-state index in [1.807, 2.05) is 17.5 Å². The van der Waals surface area contributed by atoms with Crippen LogP contribution in [0.15, 0.2) is 23.7 Å². The first-order chi connectivity index (χ1) is 11.2. The quantitative estimate of drug-likeness (QED) is 0.703. The number of fused-ring (bicyclic) bond motifs is 1. The largest absolute Gasteiger partial charge is 0.383 e. The Balaban J connectivity index is 1.99. The van der Waals surface area contributed by atoms with Crippen molar-refractivity contribution in [2.75, 3.05) is 17.7 Å². The van der Waals surface area contributed by atoms with Gasteiger partial charge in [-0.25, -0.2) is 13.4 Å². The van der Waals surface area contributed by atoms with E-state index in [2.05, 4.69) is 4.98 Å². The molecule has 1 amide bonds. The van der Waals surface area contributed by atoms with Gasteiger partial charge in [0, 0.05) is 33.2 Å². The Bertz CT molecular complexity index is 1030. The summed E-state index contributed by atoms with van der Waals surface area (Å²) in [7, 11) is -2.99. The summed E-state index contributed by atoms with van der Waals surface area (Å²) in [6.45, 7) is 0. The topological polar surface area (TPSA) is 116 Å². The van der Waals surface area contributed by atoms with Gasteiger partial charge in [0.25, 0.3) is 5.91 Å². The highest BCUT2D eigenvalue weighted by atomic mass is 32.2. The van der Waals surface area contributed by atoms with E-state index >= 15 is 0 Å². The zero-order valence-electron chi connectivity index (χ0n) is 12.8. The number of sulfone groups is 1. The van der Waals surface area contributed by atoms with E-state index in [0.717, 1.165) is 15.3 Å². The highest BCUT2D eigenvalue weighted by Crippen LogP contribution is 2.38. The molecule has 0 saturated heterocycles. The van der Waals surface area contributed by atoms with E-state index in [-0.39, 0.29) is 5.75 Å². The zero-order valence-corrected chi connectivity index (χ0v) is 15.2. The van der Waals surface area contributed by atoms with E-state index in [0.29, 0.717) is 27.9 Å². The molecule has 0 atom stereocenters. The molecule has 0 saturated carbocycles. The second kappa shape index (κ2) is 6.15. The third kappa shape index (κ3) is 3.42. The van der Waals surface area contributed by atoms with Crippen LogP contribution in [0.3, 0.4) is 0 Å². The molecule has 126 valence electrons. The molecule has 3 heterocycles. The van der Waals surface area contributed by atoms with Crippen LogP contribution in [0.5, 0.6) is 0 Å². The smallest absolute Gasteiger partial charge is 0.251 e. The van der Waals surface area contributed by atoms with Gasteiger partial charge in [-0.05, 0) is 23.9 Å². The Hall–Kier alpha value is -1.97. The van der Waals surface area contributed by atoms with Crippen molar-refractivity contribution in [1.82, 2.24) is 4.98 Å². The van der Waals surface area contributed by atoms with E-state index in [1.54, 1.807) is 0 Å². The number of nitrogens with zero attached hydrogens (tertiary/aromatic N) is 1. The average molecular weight is 382 g/mol. The number of thiophene rings is 2. The molecule has 24 heavy (non-hydrogen) atoms. The van der Waals surface area contributed by atoms with Gasteiger partial charge in [0.1, 0.15) is 15.7 Å². The lowest BCUT2D eigenvalue weighted by atomic mass is 10.2. The molecule has 4 N–H and O–H groups in total. The first-order valence-electron chi connectivity index (χ1n) is 6.98. The predicted octanol–water partition coefficient (Wildman–Crippen LogP) is 2.29. The molecular formula is C15H15N3O3S3. The lowest BCUT2D eigenvalue weighted by Gasteiger charge is -1.99. The number of rotatable bonds is 5. The summed E-state index contributed by atoms with van der Waals surface area (Å²) in [5.74, 6) is -0.0627. The summed E-state index contributed by atoms with van der Waals surface area (Å²) in [4.78, 5) is 17.5. The molecule has 0 bridgehead atoms. The van der Waals surface area contributed by atoms with Gasteiger partial charge in [-0.2, -0.15) is 0 Å². The first kappa shape index (κ1) is 16.9. The summed E-state index contributed by atoms with van der Waals surface area (Å²) in [6.07, 6.45) is 3.12. The average Bonchev–Trinajstić information content (AvgIpc) is 3.11. The van der Waals surface area contributed by atoms with Gasteiger partial charge < -0.3 is 11.5 Å². The fraction of sp³-hybridized carbons (Fsp3) is 0.200. The van der Waals surface area contributed by atoms with Crippen molar-refractivity contribution in [1.29, 1.82) is 0 Å². The summed E-state index contributed by atoms with van der Waals surface area (Å²) >= 11 is 2.94. The molecule has 3 aromatic rings. The Morgan fingerprint density at radius 2 is 2.08 bits per heavy atom. The fourth-order valence-corrected chi connectivity index (χ4v) is 5.14. The number of hydrogen-bond donors (Lipinski definition) is 2. The molecule has 3 rings (SSSR count). The van der Waals surface area contributed by atoms with Gasteiger partial charge >= 0.3 is 0 Å². The molecule has 3 aromatic heterocycles. The van der Waals surface area contributed by atoms with Gasteiger partial charge in [0.05, 0.1) is 16.0 Å². The molecule has 0 unspecified atom stereocenters. The van der Waals surface area contributed by atoms with Crippen LogP contribution in [-0.2, 0) is 16.3 Å². The van der Waals surface area contributed by atoms with Crippen LogP contribution >= 0.6 is 22.7 Å². The van der Waals surface area contributed by atoms with Crippen molar-refractivity contribution in [3.63, 3.8) is 0 Å². The van der Waals surface area contributed by atoms with Crippen molar-refractivity contribution in [3.8, 4) is 10.4 Å². The van der Waals surface area contributed by atoms with Crippen LogP contribution < -0.4 is 11.5 Å². The minimum Gasteiger partial charge on any atom is -0.383 e. The lowest BCUT2D eigenvalue weighted by molar-refractivity contribution is 0.100. The summed E-state index contributed by atoms with van der Waals surface area (Å²) < 4.78 is 23.3. The van der Waals surface area contributed by atoms with Crippen molar-refractivity contribution in [2.45, 2.75) is 6.42 Å². The number of anilines is 1. The van der Waals surface area contributed by atoms with Gasteiger partial charge in [-0.15, -0.1) is 22.7 Å². The molecule has 0 aliphatic carbocycles. The molecular weight excluding hydrogens is 366 g/mol. The number of aryl methyl sites for hydroxylation is 1. The lowest BCUT2D eigenvalue weighted by Crippen LogP contribution is -2.11. The molecule has 9 heteroatoms. The van der Waals surface area contributed by atoms with E-state index in [4.69, 9.17) is 11.5 Å². The monoisotopic (exact) mass is 381 g/mol. The third-order valence-electron chi connectivity index (χ3n) is 3.51. The molecule has 6 nitrogen and oxygen atoms in total. The maximum Gasteiger partial charge on any atom is 0.251 e. The number of aromatic nitrogens is 1. The maximum absolute atomic E-state index is 11.5. The number of nitrogen functional groups attached to an aromatic ring is 1. The summed E-state index contributed by atoms with van der Waals surface area (Å²) in [5.41, 5.74) is 12.6. The maximum atomic E-state index is 11.5. The number of nitrogens with two attached hydrogens (primary N) is 2. The van der Waals surface area contributed by atoms with Crippen LogP contribution in [0.25, 0.3) is 20.5 Å². The number of carbonyl (C=O) groups excluding carboxylic acids is 1. The van der Waals surface area contributed by atoms with E-state index in [9.17, 15) is 13.2 Å². The van der Waals surface area contributed by atoms with E-state index in [1.165, 1.54) is 35.1 Å². The predicted molar refractivity (Wildman–Crippen MR) is 99.3 cm³/mol. The third-order valence-corrected chi connectivity index (χ3v) is 6.67. The molecule has 0 fully saturated rings. The number of amides is 1. The van der Waals surface area contributed by atoms with Crippen LogP contribution in [0.4, 0.5) is 5.82 Å². The molecule has 0 radical (unpaired) electrons. The van der Waals surface area contributed by atoms with Crippen LogP contribution in [0.1, 0.15) is 15.2 Å². The SMILES string of the molecule is CS(=O)(=O)CCc1cc(-c2cc3c(N)ncc(C(N)=O)c3s2)cs1. The van der Waals surface area contributed by atoms with Crippen LogP contribution in [0, 0.1) is 0 Å². The van der Waals surface area contributed by atoms with Crippen molar-refractivity contribution >= 4 is 54.3 Å². The number of hydrogen-bond acceptors (Lipinski definition) is 7. The first-order valence-corrected chi connectivity index (χ1v) is 10.7. The van der Waals surface area contributed by atoms with Gasteiger partial charge in [0.15, 0.2) is 0 Å². The number of pyridine rings is 1. The standard InChI is InChI=1S/C15H15N3O3S3/c1-24(20,21)3-2-9-4-8(7-22-9)12-5-10-13(23-12)11(15(17)19)6-18-14(10)16/h4-7H,2-3H2,1H3,(H2,16,18)(H2,17,19). The highest BCUT2D eigenvalue weighted by molar-refractivity contribution is 7.90. The Morgan fingerprint density at radius 1 is 1.33 bits per heavy atom. The van der Waals surface area contributed by atoms with Crippen molar-refractivity contribution < 1.29 is 13.2 Å². The second-order valence-corrected chi connectivity index (χ2v) is 9.76. The summed E-state index contributed by atoms with van der Waals surface area (Å²) in [5, 5.41) is 2.67. The number of primary amides is 1. The van der Waals surface area contributed by atoms with Crippen molar-refractivity contribution in [3.05, 3.63) is 34.2 Å². The minimum absolute atomic E-state index is 0.127. The Morgan fingerprint density at radius 3 is 2.75 bits per heavy atom. The van der Waals surface area contributed by atoms with Crippen LogP contribution in [-0.4, -0.2) is 31.3 Å². The summed E-state index contributed by atoms with van der Waals surface area (Å²) in [6, 6.07) is 3.85. The molecule has 0 aliphatic heterocycles.